The molecule has 3 nitrogen and oxygen atoms in total. The number of nitrogens with zero attached hydrogens (tertiary/aromatic N) is 1. The highest BCUT2D eigenvalue weighted by molar-refractivity contribution is 6.10. The van der Waals surface area contributed by atoms with Crippen LogP contribution in [0.3, 0.4) is 0 Å². The number of carbonyl (C=O) groups excluding carboxylic acids is 2. The molecule has 1 aliphatic heterocycles. The number of amides is 1. The number of aldehydes is 1. The molecule has 2 aromatic carbocycles. The first kappa shape index (κ1) is 13.5. The van der Waals surface area contributed by atoms with Crippen LogP contribution in [0.25, 0.3) is 0 Å². The zero-order valence-electron chi connectivity index (χ0n) is 11.5. The fraction of sp³-hybridized carbons (Fsp3) is 0.176. The topological polar surface area (TPSA) is 37.4 Å². The lowest BCUT2D eigenvalue weighted by Gasteiger charge is -2.45. The van der Waals surface area contributed by atoms with Crippen LogP contribution in [0.5, 0.6) is 0 Å². The van der Waals surface area contributed by atoms with Crippen molar-refractivity contribution in [2.45, 2.75) is 13.0 Å². The molecule has 0 radical (unpaired) electrons. The number of rotatable bonds is 3. The third-order valence-corrected chi connectivity index (χ3v) is 3.81. The predicted octanol–water partition coefficient (Wildman–Crippen LogP) is 3.04. The third kappa shape index (κ3) is 2.23. The normalized spacial score (nSPS) is 21.0. The summed E-state index contributed by atoms with van der Waals surface area (Å²) in [5.41, 5.74) is 2.62. The molecular weight excluding hydrogens is 269 g/mol. The standard InChI is InChI=1S/C17H14FNO2/c1-11-2-4-12(5-3-11)16-15(10-20)17(21)19(16)14-8-6-13(18)7-9-14/h2-10,15-16H,1H3/t15-,16?/m1/s1. The first-order valence-corrected chi connectivity index (χ1v) is 6.72. The van der Waals surface area contributed by atoms with E-state index in [0.717, 1.165) is 11.1 Å². The number of β-lactam (4-membered cyclic amide) rings is 1. The molecular formula is C17H14FNO2. The summed E-state index contributed by atoms with van der Waals surface area (Å²) in [5.74, 6) is -1.27. The van der Waals surface area contributed by atoms with E-state index in [2.05, 4.69) is 0 Å². The van der Waals surface area contributed by atoms with Gasteiger partial charge in [-0.05, 0) is 36.8 Å². The van der Waals surface area contributed by atoms with Crippen LogP contribution < -0.4 is 4.90 Å². The van der Waals surface area contributed by atoms with E-state index >= 15 is 0 Å². The number of hydrogen-bond donors (Lipinski definition) is 0. The fourth-order valence-corrected chi connectivity index (χ4v) is 2.65. The first-order valence-electron chi connectivity index (χ1n) is 6.72. The minimum absolute atomic E-state index is 0.248. The van der Waals surface area contributed by atoms with Gasteiger partial charge in [-0.15, -0.1) is 0 Å². The van der Waals surface area contributed by atoms with Crippen molar-refractivity contribution in [2.75, 3.05) is 4.90 Å². The second-order valence-corrected chi connectivity index (χ2v) is 5.20. The molecule has 0 aromatic heterocycles. The van der Waals surface area contributed by atoms with E-state index in [1.807, 2.05) is 31.2 Å². The Balaban J connectivity index is 1.98. The van der Waals surface area contributed by atoms with Gasteiger partial charge < -0.3 is 9.69 Å². The number of hydrogen-bond acceptors (Lipinski definition) is 2. The van der Waals surface area contributed by atoms with E-state index in [9.17, 15) is 14.0 Å². The van der Waals surface area contributed by atoms with Crippen molar-refractivity contribution >= 4 is 17.9 Å². The highest BCUT2D eigenvalue weighted by Crippen LogP contribution is 2.42. The summed E-state index contributed by atoms with van der Waals surface area (Å²) >= 11 is 0. The summed E-state index contributed by atoms with van der Waals surface area (Å²) in [4.78, 5) is 24.8. The summed E-state index contributed by atoms with van der Waals surface area (Å²) < 4.78 is 13.0. The van der Waals surface area contributed by atoms with Crippen molar-refractivity contribution < 1.29 is 14.0 Å². The molecule has 1 heterocycles. The van der Waals surface area contributed by atoms with Crippen molar-refractivity contribution in [3.05, 3.63) is 65.5 Å². The Morgan fingerprint density at radius 2 is 1.67 bits per heavy atom. The lowest BCUT2D eigenvalue weighted by atomic mass is 9.82. The molecule has 1 saturated heterocycles. The minimum atomic E-state index is -0.669. The van der Waals surface area contributed by atoms with Crippen LogP contribution in [-0.4, -0.2) is 12.2 Å². The van der Waals surface area contributed by atoms with Crippen LogP contribution in [0.1, 0.15) is 17.2 Å². The summed E-state index contributed by atoms with van der Waals surface area (Å²) in [6.45, 7) is 1.98. The number of anilines is 1. The number of halogens is 1. The summed E-state index contributed by atoms with van der Waals surface area (Å²) in [5, 5.41) is 0. The van der Waals surface area contributed by atoms with Gasteiger partial charge in [0.05, 0.1) is 6.04 Å². The number of aryl methyl sites for hydroxylation is 1. The van der Waals surface area contributed by atoms with E-state index in [0.29, 0.717) is 12.0 Å². The van der Waals surface area contributed by atoms with Crippen LogP contribution in [0, 0.1) is 18.7 Å². The molecule has 0 saturated carbocycles. The van der Waals surface area contributed by atoms with Crippen molar-refractivity contribution in [3.63, 3.8) is 0 Å². The Labute approximate surface area is 122 Å². The fourth-order valence-electron chi connectivity index (χ4n) is 2.65. The predicted molar refractivity (Wildman–Crippen MR) is 77.4 cm³/mol. The molecule has 3 rings (SSSR count). The van der Waals surface area contributed by atoms with Crippen molar-refractivity contribution in [3.8, 4) is 0 Å². The summed E-state index contributed by atoms with van der Waals surface area (Å²) in [7, 11) is 0. The van der Waals surface area contributed by atoms with Gasteiger partial charge in [-0.3, -0.25) is 4.79 Å². The maximum Gasteiger partial charge on any atom is 0.240 e. The molecule has 1 amide bonds. The first-order chi connectivity index (χ1) is 10.1. The van der Waals surface area contributed by atoms with E-state index in [1.54, 1.807) is 17.0 Å². The van der Waals surface area contributed by atoms with E-state index in [4.69, 9.17) is 0 Å². The van der Waals surface area contributed by atoms with Crippen molar-refractivity contribution in [1.29, 1.82) is 0 Å². The van der Waals surface area contributed by atoms with Gasteiger partial charge in [0.1, 0.15) is 18.0 Å². The zero-order valence-corrected chi connectivity index (χ0v) is 11.5. The van der Waals surface area contributed by atoms with Gasteiger partial charge in [0.2, 0.25) is 5.91 Å². The average molecular weight is 283 g/mol. The maximum atomic E-state index is 13.0. The molecule has 106 valence electrons. The van der Waals surface area contributed by atoms with Gasteiger partial charge in [0.25, 0.3) is 0 Å². The van der Waals surface area contributed by atoms with Gasteiger partial charge in [-0.2, -0.15) is 0 Å². The zero-order chi connectivity index (χ0) is 15.0. The lowest BCUT2D eigenvalue weighted by Crippen LogP contribution is -2.56. The second-order valence-electron chi connectivity index (χ2n) is 5.20. The van der Waals surface area contributed by atoms with Gasteiger partial charge in [0.15, 0.2) is 0 Å². The van der Waals surface area contributed by atoms with Gasteiger partial charge in [-0.1, -0.05) is 29.8 Å². The van der Waals surface area contributed by atoms with Crippen LogP contribution in [0.15, 0.2) is 48.5 Å². The molecule has 0 spiro atoms. The van der Waals surface area contributed by atoms with E-state index in [-0.39, 0.29) is 17.8 Å². The molecule has 2 aromatic rings. The molecule has 1 unspecified atom stereocenters. The Hall–Kier alpha value is -2.49. The van der Waals surface area contributed by atoms with Gasteiger partial charge in [0, 0.05) is 5.69 Å². The molecule has 0 N–H and O–H groups in total. The lowest BCUT2D eigenvalue weighted by molar-refractivity contribution is -0.134. The minimum Gasteiger partial charge on any atom is -0.303 e. The van der Waals surface area contributed by atoms with Crippen LogP contribution in [0.2, 0.25) is 0 Å². The van der Waals surface area contributed by atoms with Crippen LogP contribution in [0.4, 0.5) is 10.1 Å². The molecule has 1 fully saturated rings. The highest BCUT2D eigenvalue weighted by atomic mass is 19.1. The van der Waals surface area contributed by atoms with Crippen LogP contribution >= 0.6 is 0 Å². The number of benzene rings is 2. The van der Waals surface area contributed by atoms with Crippen molar-refractivity contribution in [2.24, 2.45) is 5.92 Å². The average Bonchev–Trinajstić information content (AvgIpc) is 2.48. The smallest absolute Gasteiger partial charge is 0.240 e. The Kier molecular flexibility index (Phi) is 3.29. The SMILES string of the molecule is Cc1ccc(C2[C@@H](C=O)C(=O)N2c2ccc(F)cc2)cc1. The highest BCUT2D eigenvalue weighted by Gasteiger charge is 2.48. The molecule has 4 heteroatoms. The van der Waals surface area contributed by atoms with E-state index < -0.39 is 5.92 Å². The van der Waals surface area contributed by atoms with E-state index in [1.165, 1.54) is 12.1 Å². The monoisotopic (exact) mass is 283 g/mol. The quantitative estimate of drug-likeness (QED) is 0.493. The Morgan fingerprint density at radius 1 is 1.05 bits per heavy atom. The second kappa shape index (κ2) is 5.13. The number of carbonyl (C=O) groups is 2. The summed E-state index contributed by atoms with van der Waals surface area (Å²) in [6, 6.07) is 13.1. The summed E-state index contributed by atoms with van der Waals surface area (Å²) in [6.07, 6.45) is 0.687. The largest absolute Gasteiger partial charge is 0.303 e. The Morgan fingerprint density at radius 3 is 2.24 bits per heavy atom. The molecule has 21 heavy (non-hydrogen) atoms. The van der Waals surface area contributed by atoms with Gasteiger partial charge >= 0.3 is 0 Å². The molecule has 2 atom stereocenters. The maximum absolute atomic E-state index is 13.0. The molecule has 0 bridgehead atoms. The third-order valence-electron chi connectivity index (χ3n) is 3.81. The Bertz CT molecular complexity index is 679. The van der Waals surface area contributed by atoms with Gasteiger partial charge in [-0.25, -0.2) is 4.39 Å². The van der Waals surface area contributed by atoms with Crippen molar-refractivity contribution in [1.82, 2.24) is 0 Å². The van der Waals surface area contributed by atoms with Crippen LogP contribution in [-0.2, 0) is 9.59 Å². The molecule has 1 aliphatic rings. The molecule has 0 aliphatic carbocycles.